The van der Waals surface area contributed by atoms with Crippen molar-refractivity contribution in [2.24, 2.45) is 5.92 Å². The van der Waals surface area contributed by atoms with Gasteiger partial charge in [-0.25, -0.2) is 8.42 Å². The van der Waals surface area contributed by atoms with Crippen molar-refractivity contribution in [2.75, 3.05) is 13.3 Å². The van der Waals surface area contributed by atoms with E-state index in [-0.39, 0.29) is 11.3 Å². The molecule has 1 N–H and O–H groups in total. The van der Waals surface area contributed by atoms with E-state index in [0.717, 1.165) is 33.3 Å². The molecule has 1 aromatic heterocycles. The molecule has 20 heavy (non-hydrogen) atoms. The first-order chi connectivity index (χ1) is 9.32. The number of halogens is 2. The van der Waals surface area contributed by atoms with E-state index in [0.29, 0.717) is 5.92 Å². The van der Waals surface area contributed by atoms with E-state index < -0.39 is 9.84 Å². The van der Waals surface area contributed by atoms with Gasteiger partial charge in [0.15, 0.2) is 0 Å². The zero-order chi connectivity index (χ0) is 14.9. The third-order valence-electron chi connectivity index (χ3n) is 4.07. The second-order valence-corrected chi connectivity index (χ2v) is 11.5. The summed E-state index contributed by atoms with van der Waals surface area (Å²) in [4.78, 5) is 0. The lowest BCUT2D eigenvalue weighted by molar-refractivity contribution is 0.282. The summed E-state index contributed by atoms with van der Waals surface area (Å²) in [6.45, 7) is 0. The van der Waals surface area contributed by atoms with Gasteiger partial charge in [0.2, 0.25) is 0 Å². The quantitative estimate of drug-likeness (QED) is 0.758. The topological polar surface area (TPSA) is 46.2 Å². The Labute approximate surface area is 141 Å². The maximum absolute atomic E-state index is 11.8. The van der Waals surface area contributed by atoms with Gasteiger partial charge in [-0.05, 0) is 75.7 Å². The summed E-state index contributed by atoms with van der Waals surface area (Å²) in [5.74, 6) is 0.367. The molecule has 0 spiro atoms. The molecule has 1 heterocycles. The number of sulfone groups is 1. The van der Waals surface area contributed by atoms with Crippen LogP contribution >= 0.6 is 43.2 Å². The summed E-state index contributed by atoms with van der Waals surface area (Å²) in [5.41, 5.74) is 1.23. The monoisotopic (exact) mass is 443 g/mol. The minimum absolute atomic E-state index is 0.182. The van der Waals surface area contributed by atoms with E-state index in [4.69, 9.17) is 0 Å². The molecule has 1 aliphatic rings. The minimum Gasteiger partial charge on any atom is -0.313 e. The number of thiophene rings is 1. The van der Waals surface area contributed by atoms with Gasteiger partial charge in [0.1, 0.15) is 9.84 Å². The molecule has 0 radical (unpaired) electrons. The first-order valence-corrected chi connectivity index (χ1v) is 11.0. The summed E-state index contributed by atoms with van der Waals surface area (Å²) < 4.78 is 25.8. The molecule has 0 bridgehead atoms. The highest BCUT2D eigenvalue weighted by molar-refractivity contribution is 9.12. The van der Waals surface area contributed by atoms with E-state index in [1.807, 2.05) is 7.05 Å². The van der Waals surface area contributed by atoms with Gasteiger partial charge in [-0.3, -0.25) is 0 Å². The summed E-state index contributed by atoms with van der Waals surface area (Å²) in [5, 5.41) is 3.19. The van der Waals surface area contributed by atoms with Crippen LogP contribution in [0.3, 0.4) is 0 Å². The number of hydrogen-bond donors (Lipinski definition) is 1. The molecule has 7 heteroatoms. The van der Waals surface area contributed by atoms with Crippen molar-refractivity contribution in [1.29, 1.82) is 0 Å². The van der Waals surface area contributed by atoms with Gasteiger partial charge in [0, 0.05) is 12.3 Å². The molecule has 0 amide bonds. The van der Waals surface area contributed by atoms with Crippen LogP contribution in [-0.4, -0.2) is 27.0 Å². The molecular weight excluding hydrogens is 426 g/mol. The largest absolute Gasteiger partial charge is 0.313 e. The van der Waals surface area contributed by atoms with E-state index >= 15 is 0 Å². The predicted octanol–water partition coefficient (Wildman–Crippen LogP) is 4.14. The third kappa shape index (κ3) is 3.85. The summed E-state index contributed by atoms with van der Waals surface area (Å²) in [6.07, 6.45) is 5.00. The van der Waals surface area contributed by atoms with Gasteiger partial charge in [-0.1, -0.05) is 6.42 Å². The van der Waals surface area contributed by atoms with Crippen LogP contribution in [0.25, 0.3) is 0 Å². The van der Waals surface area contributed by atoms with Crippen LogP contribution in [0.1, 0.15) is 37.3 Å². The fourth-order valence-corrected chi connectivity index (χ4v) is 7.20. The van der Waals surface area contributed by atoms with Crippen LogP contribution < -0.4 is 5.32 Å². The lowest BCUT2D eigenvalue weighted by Crippen LogP contribution is -2.34. The highest BCUT2D eigenvalue weighted by atomic mass is 79.9. The van der Waals surface area contributed by atoms with Gasteiger partial charge >= 0.3 is 0 Å². The van der Waals surface area contributed by atoms with Gasteiger partial charge in [0.25, 0.3) is 0 Å². The average molecular weight is 445 g/mol. The smallest absolute Gasteiger partial charge is 0.150 e. The first-order valence-electron chi connectivity index (χ1n) is 6.63. The summed E-state index contributed by atoms with van der Waals surface area (Å²) in [7, 11) is -0.983. The lowest BCUT2D eigenvalue weighted by Gasteiger charge is -2.33. The predicted molar refractivity (Wildman–Crippen MR) is 92.1 cm³/mol. The Morgan fingerprint density at radius 1 is 1.40 bits per heavy atom. The minimum atomic E-state index is -2.93. The molecule has 0 aromatic carbocycles. The first kappa shape index (κ1) is 16.9. The molecular formula is C13H19Br2NO2S2. The van der Waals surface area contributed by atoms with Gasteiger partial charge < -0.3 is 5.32 Å². The number of rotatable bonds is 4. The van der Waals surface area contributed by atoms with E-state index in [2.05, 4.69) is 43.2 Å². The molecule has 3 atom stereocenters. The van der Waals surface area contributed by atoms with Crippen molar-refractivity contribution < 1.29 is 8.42 Å². The van der Waals surface area contributed by atoms with Crippen molar-refractivity contribution in [1.82, 2.24) is 5.32 Å². The molecule has 1 aromatic rings. The Balaban J connectivity index is 2.21. The molecule has 0 saturated heterocycles. The standard InChI is InChI=1S/C13H19Br2NO2S2/c1-16-12(10-7-11(14)19-13(10)15)8-4-3-5-9(6-8)20(2,17)18/h7-9,12,16H,3-6H2,1-2H3. The highest BCUT2D eigenvalue weighted by Crippen LogP contribution is 2.42. The number of nitrogens with one attached hydrogen (secondary N) is 1. The van der Waals surface area contributed by atoms with Crippen LogP contribution in [0.4, 0.5) is 0 Å². The Kier molecular flexibility index (Phi) is 5.73. The molecule has 114 valence electrons. The average Bonchev–Trinajstić information content (AvgIpc) is 2.69. The normalized spacial score (nSPS) is 25.6. The fraction of sp³-hybridized carbons (Fsp3) is 0.692. The van der Waals surface area contributed by atoms with Crippen LogP contribution in [-0.2, 0) is 9.84 Å². The van der Waals surface area contributed by atoms with Crippen LogP contribution in [0.5, 0.6) is 0 Å². The Morgan fingerprint density at radius 2 is 2.10 bits per heavy atom. The Hall–Kier alpha value is 0.570. The maximum Gasteiger partial charge on any atom is 0.150 e. The molecule has 3 unspecified atom stereocenters. The fourth-order valence-electron chi connectivity index (χ4n) is 3.08. The third-order valence-corrected chi connectivity index (χ3v) is 8.10. The van der Waals surface area contributed by atoms with Crippen molar-refractivity contribution in [3.63, 3.8) is 0 Å². The molecule has 1 saturated carbocycles. The molecule has 0 aliphatic heterocycles. The second kappa shape index (κ2) is 6.77. The maximum atomic E-state index is 11.8. The van der Waals surface area contributed by atoms with Crippen LogP contribution in [0.2, 0.25) is 0 Å². The molecule has 2 rings (SSSR count). The van der Waals surface area contributed by atoms with Gasteiger partial charge in [-0.2, -0.15) is 0 Å². The summed E-state index contributed by atoms with van der Waals surface area (Å²) in [6, 6.07) is 2.33. The van der Waals surface area contributed by atoms with Crippen molar-refractivity contribution >= 4 is 53.0 Å². The molecule has 1 fully saturated rings. The highest BCUT2D eigenvalue weighted by Gasteiger charge is 2.34. The Bertz CT molecular complexity index is 571. The van der Waals surface area contributed by atoms with Crippen molar-refractivity contribution in [2.45, 2.75) is 37.0 Å². The van der Waals surface area contributed by atoms with Crippen molar-refractivity contribution in [3.05, 3.63) is 19.2 Å². The van der Waals surface area contributed by atoms with Gasteiger partial charge in [-0.15, -0.1) is 11.3 Å². The summed E-state index contributed by atoms with van der Waals surface area (Å²) >= 11 is 8.78. The van der Waals surface area contributed by atoms with Crippen LogP contribution in [0, 0.1) is 5.92 Å². The number of hydrogen-bond acceptors (Lipinski definition) is 4. The second-order valence-electron chi connectivity index (χ2n) is 5.42. The Morgan fingerprint density at radius 3 is 2.60 bits per heavy atom. The zero-order valence-electron chi connectivity index (χ0n) is 11.5. The van der Waals surface area contributed by atoms with Gasteiger partial charge in [0.05, 0.1) is 12.8 Å². The van der Waals surface area contributed by atoms with E-state index in [9.17, 15) is 8.42 Å². The molecule has 1 aliphatic carbocycles. The molecule has 3 nitrogen and oxygen atoms in total. The zero-order valence-corrected chi connectivity index (χ0v) is 16.3. The van der Waals surface area contributed by atoms with Crippen LogP contribution in [0.15, 0.2) is 13.6 Å². The van der Waals surface area contributed by atoms with Crippen molar-refractivity contribution in [3.8, 4) is 0 Å². The van der Waals surface area contributed by atoms with E-state index in [1.165, 1.54) is 11.8 Å². The van der Waals surface area contributed by atoms with E-state index in [1.54, 1.807) is 11.3 Å². The lowest BCUT2D eigenvalue weighted by atomic mass is 9.81. The SMILES string of the molecule is CNC(c1cc(Br)sc1Br)C1CCCC(S(C)(=O)=O)C1.